The molecule has 1 aliphatic rings. The molecule has 0 radical (unpaired) electrons. The molecule has 3 rings (SSSR count). The van der Waals surface area contributed by atoms with Crippen molar-refractivity contribution in [1.82, 2.24) is 4.90 Å². The second-order valence-corrected chi connectivity index (χ2v) is 6.82. The Morgan fingerprint density at radius 2 is 2.05 bits per heavy atom. The first-order valence-corrected chi connectivity index (χ1v) is 8.77. The molecule has 1 aromatic carbocycles. The Hall–Kier alpha value is -1.16. The normalized spacial score (nSPS) is 16.3. The van der Waals surface area contributed by atoms with Crippen molar-refractivity contribution in [3.05, 3.63) is 57.8 Å². The Bertz CT molecular complexity index is 560. The van der Waals surface area contributed by atoms with E-state index in [2.05, 4.69) is 53.6 Å². The predicted molar refractivity (Wildman–Crippen MR) is 90.5 cm³/mol. The third kappa shape index (κ3) is 3.37. The van der Waals surface area contributed by atoms with Crippen LogP contribution in [0.1, 0.15) is 41.8 Å². The minimum Gasteiger partial charge on any atom is -0.329 e. The van der Waals surface area contributed by atoms with E-state index in [4.69, 9.17) is 5.73 Å². The smallest absolute Gasteiger partial charge is 0.0479 e. The SMILES string of the molecule is CCc1ccccc1C(CN)N(Cc1cccs1)C1CC1. The third-order valence-electron chi connectivity index (χ3n) is 4.35. The Kier molecular flexibility index (Phi) is 4.73. The number of hydrogen-bond acceptors (Lipinski definition) is 3. The zero-order valence-corrected chi connectivity index (χ0v) is 13.5. The second kappa shape index (κ2) is 6.73. The highest BCUT2D eigenvalue weighted by Crippen LogP contribution is 2.37. The van der Waals surface area contributed by atoms with Gasteiger partial charge in [0.15, 0.2) is 0 Å². The van der Waals surface area contributed by atoms with Gasteiger partial charge < -0.3 is 5.73 Å². The average molecular weight is 300 g/mol. The van der Waals surface area contributed by atoms with E-state index in [0.717, 1.165) is 13.0 Å². The number of benzene rings is 1. The van der Waals surface area contributed by atoms with Crippen molar-refractivity contribution < 1.29 is 0 Å². The Balaban J connectivity index is 1.88. The van der Waals surface area contributed by atoms with E-state index in [1.807, 2.05) is 11.3 Å². The molecule has 112 valence electrons. The summed E-state index contributed by atoms with van der Waals surface area (Å²) in [6, 6.07) is 14.2. The van der Waals surface area contributed by atoms with E-state index in [1.165, 1.54) is 28.8 Å². The molecular formula is C18H24N2S. The molecule has 1 aromatic heterocycles. The molecule has 2 aromatic rings. The lowest BCUT2D eigenvalue weighted by molar-refractivity contribution is 0.183. The van der Waals surface area contributed by atoms with Gasteiger partial charge >= 0.3 is 0 Å². The van der Waals surface area contributed by atoms with Crippen molar-refractivity contribution in [2.45, 2.75) is 44.8 Å². The van der Waals surface area contributed by atoms with Crippen LogP contribution in [0, 0.1) is 0 Å². The summed E-state index contributed by atoms with van der Waals surface area (Å²) < 4.78 is 0. The van der Waals surface area contributed by atoms with Gasteiger partial charge in [-0.15, -0.1) is 11.3 Å². The van der Waals surface area contributed by atoms with E-state index in [0.29, 0.717) is 18.6 Å². The van der Waals surface area contributed by atoms with Crippen LogP contribution in [0.4, 0.5) is 0 Å². The summed E-state index contributed by atoms with van der Waals surface area (Å²) in [6.07, 6.45) is 3.70. The second-order valence-electron chi connectivity index (χ2n) is 5.79. The van der Waals surface area contributed by atoms with Gasteiger partial charge in [-0.3, -0.25) is 4.90 Å². The number of aryl methyl sites for hydroxylation is 1. The quantitative estimate of drug-likeness (QED) is 0.838. The molecule has 0 saturated heterocycles. The highest BCUT2D eigenvalue weighted by molar-refractivity contribution is 7.09. The zero-order valence-electron chi connectivity index (χ0n) is 12.7. The van der Waals surface area contributed by atoms with Crippen LogP contribution in [0.25, 0.3) is 0 Å². The van der Waals surface area contributed by atoms with Gasteiger partial charge in [0, 0.05) is 30.1 Å². The molecule has 0 aliphatic heterocycles. The molecule has 1 heterocycles. The highest BCUT2D eigenvalue weighted by Gasteiger charge is 2.34. The molecule has 21 heavy (non-hydrogen) atoms. The molecule has 0 amide bonds. The number of hydrogen-bond donors (Lipinski definition) is 1. The van der Waals surface area contributed by atoms with E-state index in [9.17, 15) is 0 Å². The molecule has 2 N–H and O–H groups in total. The lowest BCUT2D eigenvalue weighted by atomic mass is 9.97. The van der Waals surface area contributed by atoms with Crippen molar-refractivity contribution in [3.63, 3.8) is 0 Å². The minimum absolute atomic E-state index is 0.343. The standard InChI is InChI=1S/C18H24N2S/c1-2-14-6-3-4-8-17(14)18(12-19)20(15-9-10-15)13-16-7-5-11-21-16/h3-8,11,15,18H,2,9-10,12-13,19H2,1H3. The third-order valence-corrected chi connectivity index (χ3v) is 5.21. The van der Waals surface area contributed by atoms with Crippen LogP contribution in [0.3, 0.4) is 0 Å². The first kappa shape index (κ1) is 14.8. The Labute approximate surface area is 131 Å². The fraction of sp³-hybridized carbons (Fsp3) is 0.444. The van der Waals surface area contributed by atoms with Gasteiger partial charge in [0.2, 0.25) is 0 Å². The molecule has 1 saturated carbocycles. The van der Waals surface area contributed by atoms with Gasteiger partial charge in [-0.1, -0.05) is 37.3 Å². The van der Waals surface area contributed by atoms with Crippen LogP contribution in [0.5, 0.6) is 0 Å². The summed E-state index contributed by atoms with van der Waals surface area (Å²) in [5.41, 5.74) is 9.04. The minimum atomic E-state index is 0.343. The Morgan fingerprint density at radius 1 is 1.24 bits per heavy atom. The van der Waals surface area contributed by atoms with E-state index >= 15 is 0 Å². The summed E-state index contributed by atoms with van der Waals surface area (Å²) in [7, 11) is 0. The maximum atomic E-state index is 6.19. The van der Waals surface area contributed by atoms with Crippen molar-refractivity contribution in [2.24, 2.45) is 5.73 Å². The lowest BCUT2D eigenvalue weighted by Crippen LogP contribution is -2.35. The average Bonchev–Trinajstić information content (AvgIpc) is 3.24. The molecule has 3 heteroatoms. The van der Waals surface area contributed by atoms with Crippen molar-refractivity contribution in [1.29, 1.82) is 0 Å². The summed E-state index contributed by atoms with van der Waals surface area (Å²) in [5.74, 6) is 0. The van der Waals surface area contributed by atoms with Crippen LogP contribution in [-0.4, -0.2) is 17.5 Å². The van der Waals surface area contributed by atoms with Crippen LogP contribution in [0.2, 0.25) is 0 Å². The fourth-order valence-corrected chi connectivity index (χ4v) is 3.82. The van der Waals surface area contributed by atoms with Crippen molar-refractivity contribution in [2.75, 3.05) is 6.54 Å². The maximum absolute atomic E-state index is 6.19. The molecule has 1 unspecified atom stereocenters. The van der Waals surface area contributed by atoms with Crippen LogP contribution < -0.4 is 5.73 Å². The first-order valence-electron chi connectivity index (χ1n) is 7.89. The van der Waals surface area contributed by atoms with Crippen molar-refractivity contribution in [3.8, 4) is 0 Å². The van der Waals surface area contributed by atoms with Gasteiger partial charge in [0.1, 0.15) is 0 Å². The van der Waals surface area contributed by atoms with Crippen LogP contribution in [-0.2, 0) is 13.0 Å². The molecule has 2 nitrogen and oxygen atoms in total. The number of nitrogens with zero attached hydrogens (tertiary/aromatic N) is 1. The monoisotopic (exact) mass is 300 g/mol. The molecule has 1 aliphatic carbocycles. The molecule has 1 fully saturated rings. The summed E-state index contributed by atoms with van der Waals surface area (Å²) in [5, 5.41) is 2.16. The Morgan fingerprint density at radius 3 is 2.67 bits per heavy atom. The summed E-state index contributed by atoms with van der Waals surface area (Å²) in [4.78, 5) is 4.06. The number of nitrogens with two attached hydrogens (primary N) is 1. The van der Waals surface area contributed by atoms with Gasteiger partial charge in [0.05, 0.1) is 0 Å². The first-order chi connectivity index (χ1) is 10.3. The zero-order chi connectivity index (χ0) is 14.7. The van der Waals surface area contributed by atoms with Gasteiger partial charge in [-0.05, 0) is 41.8 Å². The molecule has 1 atom stereocenters. The van der Waals surface area contributed by atoms with E-state index in [-0.39, 0.29) is 0 Å². The fourth-order valence-electron chi connectivity index (χ4n) is 3.10. The number of rotatable bonds is 7. The molecule has 0 spiro atoms. The predicted octanol–water partition coefficient (Wildman–Crippen LogP) is 3.97. The lowest BCUT2D eigenvalue weighted by Gasteiger charge is -2.32. The van der Waals surface area contributed by atoms with Crippen LogP contribution >= 0.6 is 11.3 Å². The van der Waals surface area contributed by atoms with E-state index < -0.39 is 0 Å². The molecule has 0 bridgehead atoms. The highest BCUT2D eigenvalue weighted by atomic mass is 32.1. The van der Waals surface area contributed by atoms with E-state index in [1.54, 1.807) is 0 Å². The van der Waals surface area contributed by atoms with Gasteiger partial charge in [-0.2, -0.15) is 0 Å². The van der Waals surface area contributed by atoms with Gasteiger partial charge in [0.25, 0.3) is 0 Å². The summed E-state index contributed by atoms with van der Waals surface area (Å²) in [6.45, 7) is 3.95. The largest absolute Gasteiger partial charge is 0.329 e. The van der Waals surface area contributed by atoms with Crippen molar-refractivity contribution >= 4 is 11.3 Å². The number of thiophene rings is 1. The molecular weight excluding hydrogens is 276 g/mol. The van der Waals surface area contributed by atoms with Crippen LogP contribution in [0.15, 0.2) is 41.8 Å². The maximum Gasteiger partial charge on any atom is 0.0479 e. The summed E-state index contributed by atoms with van der Waals surface area (Å²) >= 11 is 1.85. The van der Waals surface area contributed by atoms with Gasteiger partial charge in [-0.25, -0.2) is 0 Å². The topological polar surface area (TPSA) is 29.3 Å².